The number of nitrogens with one attached hydrogen (secondary N) is 2. The monoisotopic (exact) mass is 680 g/mol. The predicted octanol–water partition coefficient (Wildman–Crippen LogP) is 2.81. The van der Waals surface area contributed by atoms with Gasteiger partial charge in [-0.05, 0) is 65.1 Å². The third-order valence-electron chi connectivity index (χ3n) is 10.1. The van der Waals surface area contributed by atoms with E-state index in [9.17, 15) is 0 Å². The predicted molar refractivity (Wildman–Crippen MR) is 202 cm³/mol. The molecule has 52 heavy (non-hydrogen) atoms. The van der Waals surface area contributed by atoms with Crippen molar-refractivity contribution in [3.63, 3.8) is 0 Å². The van der Waals surface area contributed by atoms with Crippen LogP contribution in [0, 0.1) is 0 Å². The van der Waals surface area contributed by atoms with Crippen LogP contribution < -0.4 is 34.3 Å². The first kappa shape index (κ1) is 31.4. The molecule has 0 aliphatic carbocycles. The fourth-order valence-corrected chi connectivity index (χ4v) is 7.42. The summed E-state index contributed by atoms with van der Waals surface area (Å²) < 4.78 is 8.25. The zero-order chi connectivity index (χ0) is 35.3. The molecule has 5 aromatic heterocycles. The Bertz CT molecular complexity index is 2610. The van der Waals surface area contributed by atoms with E-state index in [4.69, 9.17) is 9.98 Å². The number of aliphatic imine (C=N–C) groups is 2. The molecule has 0 radical (unpaired) electrons. The van der Waals surface area contributed by atoms with E-state index in [-0.39, 0.29) is 6.04 Å². The van der Waals surface area contributed by atoms with E-state index in [1.807, 2.05) is 21.1 Å². The van der Waals surface area contributed by atoms with E-state index in [1.54, 1.807) is 0 Å². The molecule has 4 aliphatic heterocycles. The summed E-state index contributed by atoms with van der Waals surface area (Å²) in [5.41, 5.74) is 13.5. The van der Waals surface area contributed by atoms with E-state index >= 15 is 0 Å². The summed E-state index contributed by atoms with van der Waals surface area (Å²) >= 11 is 0. The fourth-order valence-electron chi connectivity index (χ4n) is 7.42. The zero-order valence-electron chi connectivity index (χ0n) is 29.7. The van der Waals surface area contributed by atoms with Crippen LogP contribution in [0.25, 0.3) is 22.3 Å². The summed E-state index contributed by atoms with van der Waals surface area (Å²) in [6.07, 6.45) is 28.5. The molecule has 8 bridgehead atoms. The van der Waals surface area contributed by atoms with Gasteiger partial charge < -0.3 is 10.3 Å². The molecule has 0 saturated heterocycles. The summed E-state index contributed by atoms with van der Waals surface area (Å²) in [6.45, 7) is 0. The van der Waals surface area contributed by atoms with Crippen molar-refractivity contribution in [2.45, 2.75) is 12.5 Å². The summed E-state index contributed by atoms with van der Waals surface area (Å²) in [6, 6.07) is 21.7. The van der Waals surface area contributed by atoms with Crippen LogP contribution in [0.3, 0.4) is 0 Å². The van der Waals surface area contributed by atoms with Gasteiger partial charge in [0.05, 0.1) is 28.9 Å². The second kappa shape index (κ2) is 12.7. The van der Waals surface area contributed by atoms with Crippen molar-refractivity contribution in [3.8, 4) is 0 Å². The van der Waals surface area contributed by atoms with E-state index in [1.165, 1.54) is 5.57 Å². The molecule has 2 N–H and O–H groups in total. The highest BCUT2D eigenvalue weighted by molar-refractivity contribution is 6.31. The maximum atomic E-state index is 5.43. The number of H-pyrrole nitrogens is 1. The van der Waals surface area contributed by atoms with E-state index in [2.05, 4.69) is 176 Å². The number of aryl methyl sites for hydroxylation is 4. The van der Waals surface area contributed by atoms with Crippen LogP contribution in [0.5, 0.6) is 0 Å². The van der Waals surface area contributed by atoms with Crippen molar-refractivity contribution < 1.29 is 18.3 Å². The Morgan fingerprint density at radius 2 is 0.923 bits per heavy atom. The van der Waals surface area contributed by atoms with Gasteiger partial charge in [-0.25, -0.2) is 28.3 Å². The number of rotatable bonds is 4. The van der Waals surface area contributed by atoms with Crippen molar-refractivity contribution in [3.05, 3.63) is 191 Å². The minimum absolute atomic E-state index is 0.00566. The Kier molecular flexibility index (Phi) is 7.65. The lowest BCUT2D eigenvalue weighted by atomic mass is 9.96. The van der Waals surface area contributed by atoms with Gasteiger partial charge in [-0.1, -0.05) is 6.08 Å². The van der Waals surface area contributed by atoms with E-state index < -0.39 is 0 Å². The van der Waals surface area contributed by atoms with Crippen LogP contribution in [-0.4, -0.2) is 22.4 Å². The van der Waals surface area contributed by atoms with Crippen LogP contribution in [0.1, 0.15) is 28.7 Å². The van der Waals surface area contributed by atoms with Gasteiger partial charge in [0.1, 0.15) is 28.2 Å². The van der Waals surface area contributed by atoms with Gasteiger partial charge in [-0.15, -0.1) is 0 Å². The normalized spacial score (nSPS) is 17.8. The second-order valence-electron chi connectivity index (χ2n) is 13.8. The standard InChI is InChI=1S/C44H39N8/c1-49-21-13-29(14-22-49)41-33-5-7-35(45-33)42(30-15-23-50(2)24-16-30)37-9-11-39(47-37)44(32-19-27-52(4)28-20-32)40-12-10-38(48-40)43(36-8-6-34(41)46-36)31-17-25-51(3)26-18-31/h5-11,13-28,40,48H,12H2,1-4H3/q+3/p+1. The summed E-state index contributed by atoms with van der Waals surface area (Å²) in [5.74, 6) is 0. The van der Waals surface area contributed by atoms with Gasteiger partial charge in [0.15, 0.2) is 49.6 Å². The highest BCUT2D eigenvalue weighted by Gasteiger charge is 2.30. The van der Waals surface area contributed by atoms with Crippen molar-refractivity contribution in [2.24, 2.45) is 38.2 Å². The van der Waals surface area contributed by atoms with Crippen molar-refractivity contribution in [2.75, 3.05) is 0 Å². The number of nitrogens with zero attached hydrogens (tertiary/aromatic N) is 6. The molecule has 0 fully saturated rings. The quantitative estimate of drug-likeness (QED) is 0.282. The lowest BCUT2D eigenvalue weighted by Gasteiger charge is -2.21. The number of hydrogen-bond acceptors (Lipinski definition) is 3. The molecule has 9 rings (SSSR count). The SMILES string of the molecule is C[n+]1ccc(C2=C3C=CC(=N3)C(c3cc[n+](C)cc3)=c3ccc([nH]3)=C(c3cc[n+](C)cc3)C3=NC(=C(c4cc[n+](C)cc4)C4CC=C2N4)C=C3)cc1. The lowest BCUT2D eigenvalue weighted by molar-refractivity contribution is -0.671. The van der Waals surface area contributed by atoms with E-state index in [0.29, 0.717) is 0 Å². The first-order valence-electron chi connectivity index (χ1n) is 17.6. The molecule has 9 heterocycles. The van der Waals surface area contributed by atoms with Crippen LogP contribution in [-0.2, 0) is 28.2 Å². The molecular formula is C44H40N8+4. The van der Waals surface area contributed by atoms with Crippen LogP contribution in [0.2, 0.25) is 0 Å². The Morgan fingerprint density at radius 3 is 1.42 bits per heavy atom. The number of aromatic amines is 1. The largest absolute Gasteiger partial charge is 0.378 e. The van der Waals surface area contributed by atoms with Gasteiger partial charge in [0, 0.05) is 87.2 Å². The van der Waals surface area contributed by atoms with Crippen molar-refractivity contribution in [1.82, 2.24) is 10.3 Å². The summed E-state index contributed by atoms with van der Waals surface area (Å²) in [5, 5.41) is 5.95. The molecule has 8 nitrogen and oxygen atoms in total. The average Bonchev–Trinajstić information content (AvgIpc) is 3.99. The third kappa shape index (κ3) is 5.68. The molecule has 0 amide bonds. The maximum Gasteiger partial charge on any atom is 0.169 e. The highest BCUT2D eigenvalue weighted by atomic mass is 15.0. The maximum absolute atomic E-state index is 5.43. The minimum atomic E-state index is 0.00566. The number of hydrogen-bond donors (Lipinski definition) is 2. The molecule has 0 spiro atoms. The van der Waals surface area contributed by atoms with Gasteiger partial charge in [0.25, 0.3) is 0 Å². The molecule has 0 saturated carbocycles. The Labute approximate surface area is 302 Å². The van der Waals surface area contributed by atoms with Gasteiger partial charge in [-0.3, -0.25) is 0 Å². The van der Waals surface area contributed by atoms with E-state index in [0.717, 1.165) is 84.6 Å². The molecule has 252 valence electrons. The Morgan fingerprint density at radius 1 is 0.500 bits per heavy atom. The molecule has 4 aliphatic rings. The molecule has 0 aromatic carbocycles. The average molecular weight is 681 g/mol. The van der Waals surface area contributed by atoms with Crippen molar-refractivity contribution >= 4 is 33.7 Å². The zero-order valence-corrected chi connectivity index (χ0v) is 29.7. The van der Waals surface area contributed by atoms with Gasteiger partial charge >= 0.3 is 0 Å². The molecule has 5 aromatic rings. The first-order valence-corrected chi connectivity index (χ1v) is 17.6. The number of pyridine rings is 4. The highest BCUT2D eigenvalue weighted by Crippen LogP contribution is 2.37. The number of allylic oxidation sites excluding steroid dienone is 5. The number of fused-ring (bicyclic) bond motifs is 6. The van der Waals surface area contributed by atoms with Crippen molar-refractivity contribution in [1.29, 1.82) is 0 Å². The first-order chi connectivity index (χ1) is 25.4. The van der Waals surface area contributed by atoms with Gasteiger partial charge in [-0.2, -0.15) is 0 Å². The molecule has 8 heteroatoms. The van der Waals surface area contributed by atoms with Crippen LogP contribution in [0.15, 0.2) is 168 Å². The minimum Gasteiger partial charge on any atom is -0.378 e. The smallest absolute Gasteiger partial charge is 0.169 e. The molecule has 1 unspecified atom stereocenters. The van der Waals surface area contributed by atoms with Crippen LogP contribution in [0.4, 0.5) is 0 Å². The number of aromatic nitrogens is 5. The van der Waals surface area contributed by atoms with Gasteiger partial charge in [0.2, 0.25) is 0 Å². The van der Waals surface area contributed by atoms with Crippen LogP contribution >= 0.6 is 0 Å². The third-order valence-corrected chi connectivity index (χ3v) is 10.1. The summed E-state index contributed by atoms with van der Waals surface area (Å²) in [4.78, 5) is 14.7. The topological polar surface area (TPSA) is 68.1 Å². The second-order valence-corrected chi connectivity index (χ2v) is 13.8. The molecular weight excluding hydrogens is 641 g/mol. The Balaban J connectivity index is 1.37. The fraction of sp³-hybridized carbons (Fsp3) is 0.136. The Hall–Kier alpha value is -6.54. The molecule has 1 atom stereocenters. The summed E-state index contributed by atoms with van der Waals surface area (Å²) in [7, 11) is 8.18. The lowest BCUT2D eigenvalue weighted by Crippen LogP contribution is -2.29.